The van der Waals surface area contributed by atoms with Crippen LogP contribution in [0.5, 0.6) is 0 Å². The molecule has 0 rings (SSSR count). The van der Waals surface area contributed by atoms with Crippen LogP contribution in [-0.2, 0) is 51.1 Å². The molecule has 0 saturated heterocycles. The average molecular weight is 229 g/mol. The van der Waals surface area contributed by atoms with Crippen molar-refractivity contribution in [1.82, 2.24) is 0 Å². The molecule has 0 N–H and O–H groups in total. The van der Waals surface area contributed by atoms with Gasteiger partial charge in [0, 0.05) is 0 Å². The molecule has 0 aromatic rings. The maximum absolute atomic E-state index is 8.62. The van der Waals surface area contributed by atoms with E-state index in [9.17, 15) is 0 Å². The van der Waals surface area contributed by atoms with Crippen molar-refractivity contribution in [3.8, 4) is 0 Å². The quantitative estimate of drug-likeness (QED) is 0.390. The van der Waals surface area contributed by atoms with E-state index >= 15 is 0 Å². The average Bonchev–Trinajstić information content (AvgIpc) is 0.722. The second-order valence-electron chi connectivity index (χ2n) is 0.500. The Bertz CT molecular complexity index is 25.2. The Morgan fingerprint density at radius 3 is 0.714 bits per heavy atom. The number of hydrogen-bond acceptors (Lipinski definition) is 4. The van der Waals surface area contributed by atoms with Gasteiger partial charge in [0.25, 0.3) is 0 Å². The standard InChI is InChI=1S/2Ni.4O.Ti/q2*+2;4*-1;. The first-order valence-corrected chi connectivity index (χ1v) is 3.37. The fourth-order valence-electron chi connectivity index (χ4n) is 0. The second-order valence-corrected chi connectivity index (χ2v) is 2.06. The molecule has 0 fully saturated rings. The summed E-state index contributed by atoms with van der Waals surface area (Å²) in [7, 11) is 0. The normalized spacial score (nSPS) is 8.57. The van der Waals surface area contributed by atoms with Crippen molar-refractivity contribution in [3.63, 3.8) is 0 Å². The summed E-state index contributed by atoms with van der Waals surface area (Å²) >= 11 is -6.00. The van der Waals surface area contributed by atoms with Crippen molar-refractivity contribution in [2.24, 2.45) is 0 Å². The molecule has 7 heteroatoms. The van der Waals surface area contributed by atoms with Crippen molar-refractivity contribution >= 4 is 0 Å². The van der Waals surface area contributed by atoms with Gasteiger partial charge in [-0.2, -0.15) is 0 Å². The van der Waals surface area contributed by atoms with Crippen LogP contribution < -0.4 is 14.8 Å². The van der Waals surface area contributed by atoms with E-state index in [0.717, 1.165) is 0 Å². The van der Waals surface area contributed by atoms with Crippen molar-refractivity contribution < 1.29 is 65.9 Å². The van der Waals surface area contributed by atoms with E-state index in [0.29, 0.717) is 0 Å². The van der Waals surface area contributed by atoms with E-state index in [1.165, 1.54) is 0 Å². The molecule has 0 spiro atoms. The molecule has 0 heterocycles. The Labute approximate surface area is 65.7 Å². The maximum atomic E-state index is 8.62. The van der Waals surface area contributed by atoms with Crippen LogP contribution >= 0.6 is 0 Å². The molecule has 4 nitrogen and oxygen atoms in total. The van der Waals surface area contributed by atoms with Crippen molar-refractivity contribution in [2.45, 2.75) is 0 Å². The zero-order chi connectivity index (χ0) is 4.50. The predicted molar refractivity (Wildman–Crippen MR) is 0 cm³/mol. The third-order valence-electron chi connectivity index (χ3n) is 0. The Hall–Kier alpha value is 1.54. The molecule has 0 amide bonds. The summed E-state index contributed by atoms with van der Waals surface area (Å²) in [6.45, 7) is 0. The van der Waals surface area contributed by atoms with Gasteiger partial charge in [-0.1, -0.05) is 0 Å². The van der Waals surface area contributed by atoms with Gasteiger partial charge in [-0.25, -0.2) is 0 Å². The zero-order valence-corrected chi connectivity index (χ0v) is 6.30. The molecule has 0 radical (unpaired) electrons. The Morgan fingerprint density at radius 2 is 0.714 bits per heavy atom. The predicted octanol–water partition coefficient (Wildman–Crippen LogP) is -4.76. The summed E-state index contributed by atoms with van der Waals surface area (Å²) in [6, 6.07) is 0. The van der Waals surface area contributed by atoms with Gasteiger partial charge in [-0.3, -0.25) is 0 Å². The summed E-state index contributed by atoms with van der Waals surface area (Å²) in [5.41, 5.74) is 0. The first kappa shape index (κ1) is 15.8. The van der Waals surface area contributed by atoms with Crippen molar-refractivity contribution in [2.75, 3.05) is 0 Å². The summed E-state index contributed by atoms with van der Waals surface area (Å²) in [5.74, 6) is 0. The molecular formula is Ni2O4Ti. The van der Waals surface area contributed by atoms with E-state index in [-0.39, 0.29) is 33.0 Å². The first-order valence-electron chi connectivity index (χ1n) is 0.816. The van der Waals surface area contributed by atoms with Gasteiger partial charge in [0.05, 0.1) is 0 Å². The zero-order valence-electron chi connectivity index (χ0n) is 2.77. The summed E-state index contributed by atoms with van der Waals surface area (Å²) in [5, 5.41) is 0. The number of rotatable bonds is 0. The van der Waals surface area contributed by atoms with Crippen LogP contribution in [0.15, 0.2) is 0 Å². The van der Waals surface area contributed by atoms with E-state index in [4.69, 9.17) is 14.8 Å². The van der Waals surface area contributed by atoms with Crippen molar-refractivity contribution in [3.05, 3.63) is 0 Å². The van der Waals surface area contributed by atoms with E-state index in [1.807, 2.05) is 0 Å². The summed E-state index contributed by atoms with van der Waals surface area (Å²) < 4.78 is 34.5. The Kier molecular flexibility index (Phi) is 12.8. The van der Waals surface area contributed by atoms with Gasteiger partial charge in [-0.15, -0.1) is 0 Å². The van der Waals surface area contributed by atoms with Crippen LogP contribution in [0.3, 0.4) is 0 Å². The molecule has 0 aromatic heterocycles. The summed E-state index contributed by atoms with van der Waals surface area (Å²) in [6.07, 6.45) is 0. The fraction of sp³-hybridized carbons (Fsp3) is 0. The molecule has 0 unspecified atom stereocenters. The monoisotopic (exact) mass is 228 g/mol. The fourth-order valence-corrected chi connectivity index (χ4v) is 0. The van der Waals surface area contributed by atoms with Gasteiger partial charge < -0.3 is 0 Å². The third kappa shape index (κ3) is 97.5. The van der Waals surface area contributed by atoms with E-state index in [2.05, 4.69) is 0 Å². The molecule has 0 atom stereocenters. The molecule has 0 aliphatic carbocycles. The van der Waals surface area contributed by atoms with Gasteiger partial charge in [0.1, 0.15) is 0 Å². The molecular weight excluding hydrogens is 229 g/mol. The van der Waals surface area contributed by atoms with Gasteiger partial charge in [-0.05, 0) is 0 Å². The second kappa shape index (κ2) is 5.67. The molecule has 0 saturated carbocycles. The van der Waals surface area contributed by atoms with Gasteiger partial charge in [0.15, 0.2) is 0 Å². The van der Waals surface area contributed by atoms with Crippen LogP contribution in [0.1, 0.15) is 0 Å². The van der Waals surface area contributed by atoms with Gasteiger partial charge in [0.2, 0.25) is 0 Å². The van der Waals surface area contributed by atoms with Crippen LogP contribution in [0, 0.1) is 0 Å². The minimum absolute atomic E-state index is 0. The van der Waals surface area contributed by atoms with Crippen molar-refractivity contribution in [1.29, 1.82) is 0 Å². The third-order valence-corrected chi connectivity index (χ3v) is 0. The van der Waals surface area contributed by atoms with E-state index < -0.39 is 18.1 Å². The molecule has 0 aromatic carbocycles. The summed E-state index contributed by atoms with van der Waals surface area (Å²) in [4.78, 5) is 0. The Morgan fingerprint density at radius 1 is 0.714 bits per heavy atom. The first-order chi connectivity index (χ1) is 2.00. The van der Waals surface area contributed by atoms with Crippen LogP contribution in [-0.4, -0.2) is 0 Å². The minimum atomic E-state index is -6.00. The van der Waals surface area contributed by atoms with Crippen LogP contribution in [0.2, 0.25) is 0 Å². The molecule has 0 aliphatic heterocycles. The molecule has 48 valence electrons. The SMILES string of the molecule is [Ni+2].[Ni+2].[O-][Ti]([O-])([O-])[O-]. The van der Waals surface area contributed by atoms with E-state index in [1.54, 1.807) is 0 Å². The molecule has 0 aliphatic rings. The molecule has 7 heavy (non-hydrogen) atoms. The molecule has 0 bridgehead atoms. The van der Waals surface area contributed by atoms with Gasteiger partial charge >= 0.3 is 65.9 Å². The van der Waals surface area contributed by atoms with Crippen LogP contribution in [0.25, 0.3) is 0 Å². The van der Waals surface area contributed by atoms with Crippen LogP contribution in [0.4, 0.5) is 0 Å². The topological polar surface area (TPSA) is 92.2 Å². The number of hydrogen-bond donors (Lipinski definition) is 0. The Balaban J connectivity index is -0.0000000800.